The van der Waals surface area contributed by atoms with Crippen LogP contribution in [0.2, 0.25) is 0 Å². The summed E-state index contributed by atoms with van der Waals surface area (Å²) in [5.41, 5.74) is 8.92. The fourth-order valence-electron chi connectivity index (χ4n) is 3.65. The molecular weight excluding hydrogens is 454 g/mol. The number of sulfone groups is 1. The van der Waals surface area contributed by atoms with E-state index in [1.165, 1.54) is 35.2 Å². The molecule has 0 aliphatic rings. The minimum atomic E-state index is -4.06. The number of nitrogens with two attached hydrogens (primary N) is 1. The molecule has 4 N–H and O–H groups in total. The third-order valence-corrected chi connectivity index (χ3v) is 7.13. The Labute approximate surface area is 194 Å². The maximum absolute atomic E-state index is 13.7. The van der Waals surface area contributed by atoms with E-state index < -0.39 is 9.84 Å². The van der Waals surface area contributed by atoms with Crippen LogP contribution in [0.1, 0.15) is 11.1 Å². The molecular formula is C24H19N5O4S. The minimum absolute atomic E-state index is 0.0839. The van der Waals surface area contributed by atoms with Gasteiger partial charge in [0.05, 0.1) is 22.1 Å². The van der Waals surface area contributed by atoms with E-state index in [0.717, 1.165) is 5.56 Å². The molecule has 0 fully saturated rings. The molecule has 0 aliphatic heterocycles. The third-order valence-electron chi connectivity index (χ3n) is 5.32. The lowest BCUT2D eigenvalue weighted by Crippen LogP contribution is -2.07. The summed E-state index contributed by atoms with van der Waals surface area (Å²) in [5.74, 6) is -0.735. The van der Waals surface area contributed by atoms with Crippen LogP contribution in [0.25, 0.3) is 22.2 Å². The molecule has 2 heterocycles. The minimum Gasteiger partial charge on any atom is -0.504 e. The van der Waals surface area contributed by atoms with E-state index in [4.69, 9.17) is 5.73 Å². The summed E-state index contributed by atoms with van der Waals surface area (Å²) in [5, 5.41) is 23.6. The summed E-state index contributed by atoms with van der Waals surface area (Å²) in [6.45, 7) is 1.80. The van der Waals surface area contributed by atoms with E-state index in [1.807, 2.05) is 0 Å². The van der Waals surface area contributed by atoms with Gasteiger partial charge in [-0.05, 0) is 60.5 Å². The van der Waals surface area contributed by atoms with Crippen molar-refractivity contribution in [3.05, 3.63) is 77.9 Å². The van der Waals surface area contributed by atoms with Gasteiger partial charge in [-0.2, -0.15) is 9.78 Å². The number of aryl methyl sites for hydroxylation is 1. The Morgan fingerprint density at radius 2 is 1.68 bits per heavy atom. The van der Waals surface area contributed by atoms with Gasteiger partial charge in [-0.25, -0.2) is 18.4 Å². The number of nitrogen functional groups attached to an aromatic ring is 1. The van der Waals surface area contributed by atoms with Crippen LogP contribution in [0.15, 0.2) is 81.6 Å². The Hall–Kier alpha value is -4.44. The zero-order valence-electron chi connectivity index (χ0n) is 17.9. The smallest absolute Gasteiger partial charge is 0.212 e. The molecule has 0 unspecified atom stereocenters. The molecule has 0 saturated heterocycles. The molecule has 5 aromatic rings. The first-order valence-corrected chi connectivity index (χ1v) is 11.7. The van der Waals surface area contributed by atoms with Gasteiger partial charge in [0, 0.05) is 0 Å². The van der Waals surface area contributed by atoms with Gasteiger partial charge in [0.2, 0.25) is 9.84 Å². The van der Waals surface area contributed by atoms with Crippen LogP contribution in [0.5, 0.6) is 11.5 Å². The predicted octanol–water partition coefficient (Wildman–Crippen LogP) is 3.60. The summed E-state index contributed by atoms with van der Waals surface area (Å²) in [4.78, 5) is 9.05. The molecule has 10 heteroatoms. The Bertz CT molecular complexity index is 1730. The number of aromatic hydroxyl groups is 2. The van der Waals surface area contributed by atoms with Crippen molar-refractivity contribution in [3.8, 4) is 11.5 Å². The Balaban J connectivity index is 1.79. The molecule has 0 bridgehead atoms. The monoisotopic (exact) mass is 473 g/mol. The van der Waals surface area contributed by atoms with Crippen LogP contribution in [-0.2, 0) is 9.84 Å². The second kappa shape index (κ2) is 7.85. The fourth-order valence-corrected chi connectivity index (χ4v) is 5.24. The van der Waals surface area contributed by atoms with Crippen molar-refractivity contribution in [3.63, 3.8) is 0 Å². The van der Waals surface area contributed by atoms with Crippen LogP contribution in [-0.4, -0.2) is 39.5 Å². The lowest BCUT2D eigenvalue weighted by Gasteiger charge is -2.06. The van der Waals surface area contributed by atoms with Gasteiger partial charge < -0.3 is 15.9 Å². The normalized spacial score (nSPS) is 12.1. The SMILES string of the molecule is Cc1cccc(S(=O)(=O)c2c(N)n(/N=C/c3ccc(O)c(O)c3)c3nc4ccccc4nc23)c1. The van der Waals surface area contributed by atoms with Gasteiger partial charge in [0.25, 0.3) is 0 Å². The lowest BCUT2D eigenvalue weighted by molar-refractivity contribution is 0.403. The van der Waals surface area contributed by atoms with Crippen molar-refractivity contribution in [2.24, 2.45) is 5.10 Å². The van der Waals surface area contributed by atoms with E-state index in [2.05, 4.69) is 15.1 Å². The number of phenolic OH excluding ortho intramolecular Hbond substituents is 2. The summed E-state index contributed by atoms with van der Waals surface area (Å²) >= 11 is 0. The van der Waals surface area contributed by atoms with Crippen molar-refractivity contribution in [2.75, 3.05) is 5.73 Å². The van der Waals surface area contributed by atoms with E-state index in [1.54, 1.807) is 49.4 Å². The highest BCUT2D eigenvalue weighted by Gasteiger charge is 2.30. The summed E-state index contributed by atoms with van der Waals surface area (Å²) in [6.07, 6.45) is 1.37. The van der Waals surface area contributed by atoms with Gasteiger partial charge in [-0.3, -0.25) is 0 Å². The molecule has 0 spiro atoms. The first-order valence-electron chi connectivity index (χ1n) is 10.2. The maximum Gasteiger partial charge on any atom is 0.212 e. The van der Waals surface area contributed by atoms with Gasteiger partial charge in [-0.15, -0.1) is 0 Å². The Kier molecular flexibility index (Phi) is 4.94. The Morgan fingerprint density at radius 3 is 2.38 bits per heavy atom. The average molecular weight is 474 g/mol. The van der Waals surface area contributed by atoms with E-state index in [-0.39, 0.29) is 38.3 Å². The summed E-state index contributed by atoms with van der Waals surface area (Å²) < 4.78 is 28.5. The number of anilines is 1. The van der Waals surface area contributed by atoms with Crippen molar-refractivity contribution in [1.29, 1.82) is 0 Å². The van der Waals surface area contributed by atoms with Crippen LogP contribution in [0, 0.1) is 6.92 Å². The molecule has 0 saturated carbocycles. The predicted molar refractivity (Wildman–Crippen MR) is 129 cm³/mol. The van der Waals surface area contributed by atoms with Gasteiger partial charge in [0.15, 0.2) is 17.1 Å². The molecule has 5 rings (SSSR count). The number of hydrogen-bond donors (Lipinski definition) is 3. The van der Waals surface area contributed by atoms with Crippen LogP contribution in [0.4, 0.5) is 5.82 Å². The largest absolute Gasteiger partial charge is 0.504 e. The molecule has 3 aromatic carbocycles. The standard InChI is InChI=1S/C24H19N5O4S/c1-14-5-4-6-16(11-14)34(32,33)22-21-24(28-18-8-3-2-7-17(18)27-21)29(23(22)25)26-13-15-9-10-19(30)20(31)12-15/h2-13,30-31H,25H2,1H3/b26-13+. The number of nitrogens with zero attached hydrogens (tertiary/aromatic N) is 4. The number of fused-ring (bicyclic) bond motifs is 2. The molecule has 0 aliphatic carbocycles. The number of benzene rings is 3. The summed E-state index contributed by atoms with van der Waals surface area (Å²) in [6, 6.07) is 17.8. The topological polar surface area (TPSA) is 144 Å². The number of aromatic nitrogens is 3. The highest BCUT2D eigenvalue weighted by atomic mass is 32.2. The zero-order valence-corrected chi connectivity index (χ0v) is 18.7. The lowest BCUT2D eigenvalue weighted by atomic mass is 10.2. The van der Waals surface area contributed by atoms with Crippen molar-refractivity contribution in [2.45, 2.75) is 16.7 Å². The van der Waals surface area contributed by atoms with Crippen molar-refractivity contribution < 1.29 is 18.6 Å². The molecule has 0 atom stereocenters. The third kappa shape index (κ3) is 3.50. The summed E-state index contributed by atoms with van der Waals surface area (Å²) in [7, 11) is -4.06. The van der Waals surface area contributed by atoms with E-state index in [9.17, 15) is 18.6 Å². The van der Waals surface area contributed by atoms with E-state index in [0.29, 0.717) is 16.6 Å². The van der Waals surface area contributed by atoms with Gasteiger partial charge in [-0.1, -0.05) is 24.3 Å². The molecule has 170 valence electrons. The Morgan fingerprint density at radius 1 is 0.941 bits per heavy atom. The highest BCUT2D eigenvalue weighted by molar-refractivity contribution is 7.92. The fraction of sp³-hybridized carbons (Fsp3) is 0.0417. The highest BCUT2D eigenvalue weighted by Crippen LogP contribution is 2.35. The number of rotatable bonds is 4. The average Bonchev–Trinajstić information content (AvgIpc) is 3.09. The van der Waals surface area contributed by atoms with E-state index >= 15 is 0 Å². The molecule has 0 amide bonds. The van der Waals surface area contributed by atoms with Crippen molar-refractivity contribution >= 4 is 44.1 Å². The molecule has 2 aromatic heterocycles. The second-order valence-corrected chi connectivity index (χ2v) is 9.61. The number of para-hydroxylation sites is 2. The number of phenols is 2. The van der Waals surface area contributed by atoms with Crippen LogP contribution in [0.3, 0.4) is 0 Å². The van der Waals surface area contributed by atoms with Gasteiger partial charge >= 0.3 is 0 Å². The molecule has 0 radical (unpaired) electrons. The maximum atomic E-state index is 13.7. The first kappa shape index (κ1) is 21.4. The van der Waals surface area contributed by atoms with Gasteiger partial charge in [0.1, 0.15) is 16.2 Å². The number of hydrogen-bond acceptors (Lipinski definition) is 8. The van der Waals surface area contributed by atoms with Crippen molar-refractivity contribution in [1.82, 2.24) is 14.6 Å². The van der Waals surface area contributed by atoms with Crippen LogP contribution < -0.4 is 5.73 Å². The molecule has 9 nitrogen and oxygen atoms in total. The van der Waals surface area contributed by atoms with Crippen LogP contribution >= 0.6 is 0 Å². The quantitative estimate of drug-likeness (QED) is 0.267. The molecule has 34 heavy (non-hydrogen) atoms. The first-order chi connectivity index (χ1) is 16.3. The second-order valence-electron chi connectivity index (χ2n) is 7.72. The zero-order chi connectivity index (χ0) is 24.0.